The first-order valence-electron chi connectivity index (χ1n) is 12.1. The predicted molar refractivity (Wildman–Crippen MR) is 137 cm³/mol. The topological polar surface area (TPSA) is 109 Å². The Morgan fingerprint density at radius 1 is 1.18 bits per heavy atom. The number of rotatable bonds is 13. The highest BCUT2D eigenvalue weighted by molar-refractivity contribution is 6.48. The standard InChI is InChI=1S/C24H46N4O5Si/c1-22(2,3)17(16-32-34(9)10)15-18(29)26-23(4,5)20(30)25-12-14-28(8)13-11-19-27-24(6,7)21(31)33-19/h17,34H,11-16H2,1-10H3,(H,25,30)(H,26,29). The second-order valence-electron chi connectivity index (χ2n) is 11.6. The minimum Gasteiger partial charge on any atom is -0.420 e. The highest BCUT2D eigenvalue weighted by Crippen LogP contribution is 2.29. The number of amides is 2. The van der Waals surface area contributed by atoms with E-state index < -0.39 is 20.1 Å². The molecule has 0 saturated carbocycles. The van der Waals surface area contributed by atoms with Crippen LogP contribution in [-0.2, 0) is 23.5 Å². The van der Waals surface area contributed by atoms with Crippen LogP contribution >= 0.6 is 0 Å². The molecule has 0 fully saturated rings. The quantitative estimate of drug-likeness (QED) is 0.297. The molecule has 10 heteroatoms. The molecule has 2 amide bonds. The fourth-order valence-electron chi connectivity index (χ4n) is 3.30. The predicted octanol–water partition coefficient (Wildman–Crippen LogP) is 2.11. The zero-order chi connectivity index (χ0) is 26.3. The summed E-state index contributed by atoms with van der Waals surface area (Å²) in [5, 5.41) is 5.79. The summed E-state index contributed by atoms with van der Waals surface area (Å²) in [5.74, 6) is -0.192. The van der Waals surface area contributed by atoms with Crippen LogP contribution in [0.25, 0.3) is 0 Å². The summed E-state index contributed by atoms with van der Waals surface area (Å²) in [6.07, 6.45) is 0.842. The maximum Gasteiger partial charge on any atom is 0.340 e. The molecule has 0 radical (unpaired) electrons. The first-order valence-corrected chi connectivity index (χ1v) is 14.9. The molecular weight excluding hydrogens is 452 g/mol. The number of cyclic esters (lactones) is 1. The van der Waals surface area contributed by atoms with Gasteiger partial charge in [-0.15, -0.1) is 0 Å². The third-order valence-electron chi connectivity index (χ3n) is 5.91. The molecule has 1 heterocycles. The number of likely N-dealkylation sites (N-methyl/N-ethyl adjacent to an activating group) is 1. The molecule has 1 aliphatic rings. The molecule has 1 unspecified atom stereocenters. The highest BCUT2D eigenvalue weighted by Gasteiger charge is 2.36. The molecule has 196 valence electrons. The van der Waals surface area contributed by atoms with Crippen LogP contribution in [0.1, 0.15) is 61.3 Å². The van der Waals surface area contributed by atoms with E-state index >= 15 is 0 Å². The maximum absolute atomic E-state index is 12.7. The first kappa shape index (κ1) is 30.2. The average Bonchev–Trinajstić information content (AvgIpc) is 2.93. The van der Waals surface area contributed by atoms with Gasteiger partial charge in [0.1, 0.15) is 5.54 Å². The van der Waals surface area contributed by atoms with Crippen molar-refractivity contribution in [1.82, 2.24) is 15.5 Å². The van der Waals surface area contributed by atoms with Gasteiger partial charge in [0.25, 0.3) is 0 Å². The zero-order valence-electron chi connectivity index (χ0n) is 22.8. The van der Waals surface area contributed by atoms with Crippen molar-refractivity contribution in [3.05, 3.63) is 0 Å². The van der Waals surface area contributed by atoms with E-state index in [0.29, 0.717) is 45.0 Å². The van der Waals surface area contributed by atoms with Crippen LogP contribution in [-0.4, -0.2) is 82.0 Å². The second kappa shape index (κ2) is 12.3. The molecule has 0 aromatic rings. The zero-order valence-corrected chi connectivity index (χ0v) is 24.0. The average molecular weight is 499 g/mol. The number of carbonyl (C=O) groups excluding carboxylic acids is 3. The van der Waals surface area contributed by atoms with Crippen LogP contribution in [0.5, 0.6) is 0 Å². The Morgan fingerprint density at radius 2 is 1.79 bits per heavy atom. The molecule has 0 aliphatic carbocycles. The third kappa shape index (κ3) is 10.2. The molecule has 2 N–H and O–H groups in total. The van der Waals surface area contributed by atoms with Crippen molar-refractivity contribution >= 4 is 32.7 Å². The van der Waals surface area contributed by atoms with Gasteiger partial charge in [0.2, 0.25) is 11.8 Å². The number of hydrogen-bond donors (Lipinski definition) is 2. The van der Waals surface area contributed by atoms with Crippen molar-refractivity contribution in [3.63, 3.8) is 0 Å². The summed E-state index contributed by atoms with van der Waals surface area (Å²) < 4.78 is 11.1. The van der Waals surface area contributed by atoms with Gasteiger partial charge in [-0.3, -0.25) is 9.59 Å². The lowest BCUT2D eigenvalue weighted by Crippen LogP contribution is -2.56. The summed E-state index contributed by atoms with van der Waals surface area (Å²) in [6, 6.07) is 0. The van der Waals surface area contributed by atoms with Crippen LogP contribution in [0.4, 0.5) is 0 Å². The van der Waals surface area contributed by atoms with Crippen LogP contribution in [0, 0.1) is 11.3 Å². The normalized spacial score (nSPS) is 16.9. The molecule has 0 bridgehead atoms. The van der Waals surface area contributed by atoms with Gasteiger partial charge in [-0.25, -0.2) is 9.79 Å². The number of nitrogens with one attached hydrogen (secondary N) is 2. The van der Waals surface area contributed by atoms with Crippen molar-refractivity contribution in [1.29, 1.82) is 0 Å². The lowest BCUT2D eigenvalue weighted by Gasteiger charge is -2.32. The van der Waals surface area contributed by atoms with E-state index in [1.54, 1.807) is 27.7 Å². The number of hydrogen-bond acceptors (Lipinski definition) is 7. The molecular formula is C24H46N4O5Si. The fraction of sp³-hybridized carbons (Fsp3) is 0.833. The van der Waals surface area contributed by atoms with E-state index in [9.17, 15) is 14.4 Å². The van der Waals surface area contributed by atoms with Crippen LogP contribution in [0.3, 0.4) is 0 Å². The van der Waals surface area contributed by atoms with Crippen LogP contribution < -0.4 is 10.6 Å². The molecule has 0 aromatic heterocycles. The van der Waals surface area contributed by atoms with Gasteiger partial charge in [-0.05, 0) is 59.2 Å². The minimum atomic E-state index is -1.17. The van der Waals surface area contributed by atoms with E-state index in [2.05, 4.69) is 49.5 Å². The summed E-state index contributed by atoms with van der Waals surface area (Å²) >= 11 is 0. The Bertz CT molecular complexity index is 759. The van der Waals surface area contributed by atoms with E-state index in [1.807, 2.05) is 11.9 Å². The Balaban J connectivity index is 2.45. The van der Waals surface area contributed by atoms with Gasteiger partial charge in [0.05, 0.1) is 0 Å². The Hall–Kier alpha value is -1.78. The second-order valence-corrected chi connectivity index (χ2v) is 14.0. The van der Waals surface area contributed by atoms with Gasteiger partial charge in [0.15, 0.2) is 20.5 Å². The highest BCUT2D eigenvalue weighted by atomic mass is 28.3. The fourth-order valence-corrected chi connectivity index (χ4v) is 3.92. The number of carbonyl (C=O) groups is 3. The Morgan fingerprint density at radius 3 is 2.29 bits per heavy atom. The molecule has 34 heavy (non-hydrogen) atoms. The molecule has 0 aromatic carbocycles. The molecule has 1 aliphatic heterocycles. The summed E-state index contributed by atoms with van der Waals surface area (Å²) in [5.41, 5.74) is -1.91. The van der Waals surface area contributed by atoms with E-state index in [1.165, 1.54) is 0 Å². The van der Waals surface area contributed by atoms with E-state index in [4.69, 9.17) is 9.16 Å². The summed E-state index contributed by atoms with van der Waals surface area (Å²) in [4.78, 5) is 43.5. The Kier molecular flexibility index (Phi) is 10.9. The monoisotopic (exact) mass is 498 g/mol. The lowest BCUT2D eigenvalue weighted by molar-refractivity contribution is -0.138. The molecule has 9 nitrogen and oxygen atoms in total. The Labute approximate surface area is 207 Å². The van der Waals surface area contributed by atoms with Crippen molar-refractivity contribution in [2.45, 2.75) is 85.5 Å². The smallest absolute Gasteiger partial charge is 0.340 e. The first-order chi connectivity index (χ1) is 15.4. The SMILES string of the molecule is CN(CCNC(=O)C(C)(C)NC(=O)CC(CO[SiH](C)C)C(C)(C)C)CCC1=NC(C)(C)C(=O)O1. The van der Waals surface area contributed by atoms with Crippen molar-refractivity contribution in [2.24, 2.45) is 16.3 Å². The maximum atomic E-state index is 12.7. The van der Waals surface area contributed by atoms with Crippen LogP contribution in [0.2, 0.25) is 13.1 Å². The molecule has 0 spiro atoms. The number of nitrogens with zero attached hydrogens (tertiary/aromatic N) is 2. The van der Waals surface area contributed by atoms with Crippen molar-refractivity contribution < 1.29 is 23.5 Å². The van der Waals surface area contributed by atoms with Crippen LogP contribution in [0.15, 0.2) is 4.99 Å². The van der Waals surface area contributed by atoms with Crippen molar-refractivity contribution in [2.75, 3.05) is 33.3 Å². The largest absolute Gasteiger partial charge is 0.420 e. The van der Waals surface area contributed by atoms with E-state index in [-0.39, 0.29) is 29.1 Å². The third-order valence-corrected chi connectivity index (χ3v) is 6.77. The van der Waals surface area contributed by atoms with Gasteiger partial charge >= 0.3 is 5.97 Å². The van der Waals surface area contributed by atoms with E-state index in [0.717, 1.165) is 0 Å². The van der Waals surface area contributed by atoms with Gasteiger partial charge in [0, 0.05) is 39.1 Å². The minimum absolute atomic E-state index is 0.0734. The molecule has 1 rings (SSSR count). The molecule has 1 atom stereocenters. The number of aliphatic imine (C=N–C) groups is 1. The number of esters is 1. The lowest BCUT2D eigenvalue weighted by atomic mass is 9.79. The number of ether oxygens (including phenoxy) is 1. The molecule has 0 saturated heterocycles. The van der Waals surface area contributed by atoms with Crippen molar-refractivity contribution in [3.8, 4) is 0 Å². The van der Waals surface area contributed by atoms with Gasteiger partial charge < -0.3 is 24.7 Å². The summed E-state index contributed by atoms with van der Waals surface area (Å²) in [6.45, 7) is 19.7. The van der Waals surface area contributed by atoms with Gasteiger partial charge in [-0.2, -0.15) is 0 Å². The van der Waals surface area contributed by atoms with Gasteiger partial charge in [-0.1, -0.05) is 20.8 Å². The summed E-state index contributed by atoms with van der Waals surface area (Å²) in [7, 11) is 0.753.